The van der Waals surface area contributed by atoms with Crippen LogP contribution in [0.4, 0.5) is 8.78 Å². The molecule has 14 heavy (non-hydrogen) atoms. The zero-order valence-corrected chi connectivity index (χ0v) is 8.79. The van der Waals surface area contributed by atoms with Gasteiger partial charge in [0.15, 0.2) is 5.65 Å². The van der Waals surface area contributed by atoms with Gasteiger partial charge in [0.05, 0.1) is 0 Å². The van der Waals surface area contributed by atoms with Crippen molar-refractivity contribution < 1.29 is 8.78 Å². The summed E-state index contributed by atoms with van der Waals surface area (Å²) in [6.07, 6.45) is -2.64. The van der Waals surface area contributed by atoms with Gasteiger partial charge in [0.1, 0.15) is 4.60 Å². The van der Waals surface area contributed by atoms with E-state index >= 15 is 0 Å². The van der Waals surface area contributed by atoms with E-state index in [-0.39, 0.29) is 0 Å². The number of nitrogens with zero attached hydrogens (tertiary/aromatic N) is 3. The number of alkyl halides is 2. The molecule has 2 aromatic heterocycles. The Hall–Kier alpha value is -1.04. The summed E-state index contributed by atoms with van der Waals surface area (Å²) in [5.74, 6) is -0.448. The van der Waals surface area contributed by atoms with Gasteiger partial charge >= 0.3 is 0 Å². The highest BCUT2D eigenvalue weighted by atomic mass is 79.9. The van der Waals surface area contributed by atoms with Crippen LogP contribution in [0.3, 0.4) is 0 Å². The number of pyridine rings is 1. The third-order valence-corrected chi connectivity index (χ3v) is 2.80. The van der Waals surface area contributed by atoms with E-state index in [9.17, 15) is 8.78 Å². The first-order chi connectivity index (χ1) is 6.59. The maximum Gasteiger partial charge on any atom is 0.299 e. The van der Waals surface area contributed by atoms with E-state index in [0.29, 0.717) is 10.3 Å². The van der Waals surface area contributed by atoms with Gasteiger partial charge in [-0.15, -0.1) is 5.10 Å². The van der Waals surface area contributed by atoms with E-state index < -0.39 is 12.2 Å². The second-order valence-corrected chi connectivity index (χ2v) is 3.60. The van der Waals surface area contributed by atoms with Crippen molar-refractivity contribution in [1.29, 1.82) is 0 Å². The lowest BCUT2D eigenvalue weighted by Gasteiger charge is -1.98. The van der Waals surface area contributed by atoms with Crippen LogP contribution >= 0.6 is 15.9 Å². The largest absolute Gasteiger partial charge is 0.299 e. The molecular formula is C8H6BrF2N3. The Morgan fingerprint density at radius 3 is 2.79 bits per heavy atom. The Morgan fingerprint density at radius 1 is 1.43 bits per heavy atom. The highest BCUT2D eigenvalue weighted by Gasteiger charge is 2.15. The van der Waals surface area contributed by atoms with Crippen molar-refractivity contribution in [3.8, 4) is 0 Å². The number of halogens is 3. The Labute approximate surface area is 86.9 Å². The van der Waals surface area contributed by atoms with Crippen LogP contribution in [0, 0.1) is 6.92 Å². The molecule has 74 valence electrons. The number of fused-ring (bicyclic) bond motifs is 1. The van der Waals surface area contributed by atoms with Gasteiger partial charge in [0, 0.05) is 0 Å². The number of hydrogen-bond acceptors (Lipinski definition) is 2. The van der Waals surface area contributed by atoms with Crippen molar-refractivity contribution in [2.24, 2.45) is 0 Å². The minimum absolute atomic E-state index is 0.415. The zero-order chi connectivity index (χ0) is 10.3. The molecule has 3 nitrogen and oxygen atoms in total. The predicted molar refractivity (Wildman–Crippen MR) is 50.4 cm³/mol. The molecule has 0 amide bonds. The molecule has 0 aromatic carbocycles. The summed E-state index contributed by atoms with van der Waals surface area (Å²) < 4.78 is 26.6. The van der Waals surface area contributed by atoms with Gasteiger partial charge < -0.3 is 0 Å². The van der Waals surface area contributed by atoms with Crippen LogP contribution in [-0.2, 0) is 0 Å². The fraction of sp³-hybridized carbons (Fsp3) is 0.250. The first kappa shape index (κ1) is 9.51. The molecule has 0 aliphatic rings. The van der Waals surface area contributed by atoms with Gasteiger partial charge in [-0.3, -0.25) is 0 Å². The molecule has 0 N–H and O–H groups in total. The maximum atomic E-state index is 12.3. The van der Waals surface area contributed by atoms with Crippen molar-refractivity contribution in [3.63, 3.8) is 0 Å². The first-order valence-electron chi connectivity index (χ1n) is 3.89. The molecule has 0 bridgehead atoms. The predicted octanol–water partition coefficient (Wildman–Crippen LogP) is 2.74. The first-order valence-corrected chi connectivity index (χ1v) is 4.69. The molecule has 0 fully saturated rings. The molecule has 0 aliphatic heterocycles. The van der Waals surface area contributed by atoms with Crippen LogP contribution < -0.4 is 0 Å². The molecule has 0 spiro atoms. The molecule has 0 atom stereocenters. The zero-order valence-electron chi connectivity index (χ0n) is 7.21. The Balaban J connectivity index is 2.71. The van der Waals surface area contributed by atoms with E-state index in [4.69, 9.17) is 0 Å². The molecule has 2 aromatic rings. The number of hydrogen-bond donors (Lipinski definition) is 0. The van der Waals surface area contributed by atoms with Crippen molar-refractivity contribution >= 4 is 21.6 Å². The lowest BCUT2D eigenvalue weighted by molar-refractivity contribution is 0.140. The average molecular weight is 262 g/mol. The molecule has 0 saturated carbocycles. The van der Waals surface area contributed by atoms with Gasteiger partial charge in [-0.05, 0) is 34.5 Å². The summed E-state index contributed by atoms with van der Waals surface area (Å²) in [4.78, 5) is 3.69. The van der Waals surface area contributed by atoms with Crippen molar-refractivity contribution in [2.45, 2.75) is 13.3 Å². The summed E-state index contributed by atoms with van der Waals surface area (Å²) in [6, 6.07) is 3.45. The molecule has 0 saturated heterocycles. The van der Waals surface area contributed by atoms with Gasteiger partial charge in [-0.25, -0.2) is 18.3 Å². The Morgan fingerprint density at radius 2 is 2.14 bits per heavy atom. The van der Waals surface area contributed by atoms with Crippen LogP contribution in [0.5, 0.6) is 0 Å². The SMILES string of the molecule is Cc1ccc2nc(C(F)F)nn2c1Br. The summed E-state index contributed by atoms with van der Waals surface area (Å²) in [7, 11) is 0. The van der Waals surface area contributed by atoms with Crippen LogP contribution in [-0.4, -0.2) is 14.6 Å². The quantitative estimate of drug-likeness (QED) is 0.739. The minimum Gasteiger partial charge on any atom is -0.206 e. The molecule has 0 aliphatic carbocycles. The van der Waals surface area contributed by atoms with Crippen molar-refractivity contribution in [2.75, 3.05) is 0 Å². The average Bonchev–Trinajstić information content (AvgIpc) is 2.56. The molecular weight excluding hydrogens is 256 g/mol. The number of aryl methyl sites for hydroxylation is 1. The van der Waals surface area contributed by atoms with Crippen LogP contribution in [0.1, 0.15) is 17.8 Å². The highest BCUT2D eigenvalue weighted by Crippen LogP contribution is 2.20. The summed E-state index contributed by atoms with van der Waals surface area (Å²) in [6.45, 7) is 1.85. The normalized spacial score (nSPS) is 11.5. The second kappa shape index (κ2) is 3.27. The maximum absolute atomic E-state index is 12.3. The standard InChI is InChI=1S/C8H6BrF2N3/c1-4-2-3-5-12-8(7(10)11)13-14(5)6(4)9/h2-3,7H,1H3. The van der Waals surface area contributed by atoms with Crippen molar-refractivity contribution in [3.05, 3.63) is 28.1 Å². The summed E-state index contributed by atoms with van der Waals surface area (Å²) in [5, 5.41) is 3.68. The third-order valence-electron chi connectivity index (χ3n) is 1.84. The van der Waals surface area contributed by atoms with E-state index in [0.717, 1.165) is 5.56 Å². The van der Waals surface area contributed by atoms with E-state index in [1.165, 1.54) is 4.52 Å². The van der Waals surface area contributed by atoms with Crippen LogP contribution in [0.2, 0.25) is 0 Å². The lowest BCUT2D eigenvalue weighted by atomic mass is 10.3. The van der Waals surface area contributed by atoms with Gasteiger partial charge in [0.2, 0.25) is 5.82 Å². The van der Waals surface area contributed by atoms with E-state index in [1.54, 1.807) is 12.1 Å². The minimum atomic E-state index is -2.64. The fourth-order valence-corrected chi connectivity index (χ4v) is 1.51. The topological polar surface area (TPSA) is 30.2 Å². The number of aromatic nitrogens is 3. The summed E-state index contributed by atoms with van der Waals surface area (Å²) in [5.41, 5.74) is 1.33. The smallest absolute Gasteiger partial charge is 0.206 e. The second-order valence-electron chi connectivity index (χ2n) is 2.85. The van der Waals surface area contributed by atoms with Crippen LogP contribution in [0.25, 0.3) is 5.65 Å². The fourth-order valence-electron chi connectivity index (χ4n) is 1.12. The van der Waals surface area contributed by atoms with Crippen molar-refractivity contribution in [1.82, 2.24) is 14.6 Å². The van der Waals surface area contributed by atoms with Gasteiger partial charge in [-0.2, -0.15) is 0 Å². The van der Waals surface area contributed by atoms with Gasteiger partial charge in [0.25, 0.3) is 6.43 Å². The van der Waals surface area contributed by atoms with Crippen LogP contribution in [0.15, 0.2) is 16.7 Å². The molecule has 0 unspecified atom stereocenters. The molecule has 2 heterocycles. The van der Waals surface area contributed by atoms with E-state index in [1.807, 2.05) is 6.92 Å². The number of rotatable bonds is 1. The highest BCUT2D eigenvalue weighted by molar-refractivity contribution is 9.10. The Kier molecular flexibility index (Phi) is 2.22. The third kappa shape index (κ3) is 1.39. The Bertz CT molecular complexity index is 481. The molecule has 6 heteroatoms. The molecule has 2 rings (SSSR count). The van der Waals surface area contributed by atoms with E-state index in [2.05, 4.69) is 26.0 Å². The monoisotopic (exact) mass is 261 g/mol. The van der Waals surface area contributed by atoms with Gasteiger partial charge in [-0.1, -0.05) is 6.07 Å². The molecule has 0 radical (unpaired) electrons. The lowest BCUT2D eigenvalue weighted by Crippen LogP contribution is -1.93. The summed E-state index contributed by atoms with van der Waals surface area (Å²) >= 11 is 3.26.